The maximum Gasteiger partial charge on any atom is 0.170 e. The molecule has 0 radical (unpaired) electrons. The largest absolute Gasteiger partial charge is 0.483 e. The number of fused-ring (bicyclic) bond motifs is 1. The molecule has 0 saturated heterocycles. The van der Waals surface area contributed by atoms with E-state index < -0.39 is 0 Å². The van der Waals surface area contributed by atoms with Crippen LogP contribution in [0, 0.1) is 6.92 Å². The van der Waals surface area contributed by atoms with Gasteiger partial charge in [-0.15, -0.1) is 0 Å². The molecule has 2 heterocycles. The average Bonchev–Trinajstić information content (AvgIpc) is 2.40. The number of carbonyl (C=O) groups excluding carboxylic acids is 1. The van der Waals surface area contributed by atoms with Crippen LogP contribution in [0.15, 0.2) is 42.6 Å². The number of nitrogens with zero attached hydrogens (tertiary/aromatic N) is 1. The number of aryl methyl sites for hydroxylation is 1. The minimum absolute atomic E-state index is 0.121. The highest BCUT2D eigenvalue weighted by molar-refractivity contribution is 6.00. The molecule has 1 aromatic carbocycles. The van der Waals surface area contributed by atoms with Crippen molar-refractivity contribution in [3.63, 3.8) is 0 Å². The molecule has 90 valence electrons. The van der Waals surface area contributed by atoms with E-state index in [0.717, 1.165) is 11.3 Å². The summed E-state index contributed by atoms with van der Waals surface area (Å²) in [4.78, 5) is 16.4. The molecule has 1 atom stereocenters. The van der Waals surface area contributed by atoms with Gasteiger partial charge in [0.2, 0.25) is 0 Å². The number of pyridine rings is 1. The third-order valence-electron chi connectivity index (χ3n) is 3.09. The summed E-state index contributed by atoms with van der Waals surface area (Å²) >= 11 is 0. The molecule has 3 nitrogen and oxygen atoms in total. The van der Waals surface area contributed by atoms with E-state index in [9.17, 15) is 4.79 Å². The number of ether oxygens (including phenoxy) is 1. The Bertz CT molecular complexity index is 593. The van der Waals surface area contributed by atoms with Crippen LogP contribution in [-0.4, -0.2) is 10.8 Å². The fraction of sp³-hybridized carbons (Fsp3) is 0.200. The van der Waals surface area contributed by atoms with Gasteiger partial charge in [0.25, 0.3) is 0 Å². The Hall–Kier alpha value is -2.16. The fourth-order valence-corrected chi connectivity index (χ4v) is 2.17. The first-order chi connectivity index (χ1) is 8.74. The van der Waals surface area contributed by atoms with Gasteiger partial charge in [0.1, 0.15) is 11.9 Å². The minimum Gasteiger partial charge on any atom is -0.483 e. The predicted molar refractivity (Wildman–Crippen MR) is 67.7 cm³/mol. The average molecular weight is 239 g/mol. The summed E-state index contributed by atoms with van der Waals surface area (Å²) in [6.45, 7) is 1.97. The summed E-state index contributed by atoms with van der Waals surface area (Å²) in [6.07, 6.45) is 1.80. The maximum absolute atomic E-state index is 12.1. The Morgan fingerprint density at radius 3 is 2.94 bits per heavy atom. The molecule has 18 heavy (non-hydrogen) atoms. The van der Waals surface area contributed by atoms with Gasteiger partial charge in [0.05, 0.1) is 17.7 Å². The molecule has 0 fully saturated rings. The number of hydrogen-bond donors (Lipinski definition) is 0. The van der Waals surface area contributed by atoms with Gasteiger partial charge in [-0.3, -0.25) is 9.78 Å². The molecule has 0 amide bonds. The minimum atomic E-state index is -0.270. The van der Waals surface area contributed by atoms with Gasteiger partial charge in [-0.05, 0) is 31.2 Å². The molecule has 0 spiro atoms. The second kappa shape index (κ2) is 4.26. The van der Waals surface area contributed by atoms with E-state index in [-0.39, 0.29) is 11.9 Å². The van der Waals surface area contributed by atoms with Gasteiger partial charge in [-0.1, -0.05) is 17.7 Å². The van der Waals surface area contributed by atoms with Gasteiger partial charge >= 0.3 is 0 Å². The molecule has 1 aromatic heterocycles. The van der Waals surface area contributed by atoms with E-state index in [1.54, 1.807) is 6.20 Å². The topological polar surface area (TPSA) is 39.2 Å². The van der Waals surface area contributed by atoms with Gasteiger partial charge in [0.15, 0.2) is 5.78 Å². The first-order valence-electron chi connectivity index (χ1n) is 5.95. The third-order valence-corrected chi connectivity index (χ3v) is 3.09. The standard InChI is InChI=1S/C15H13NO2/c1-10-5-6-14-11(8-10)13(17)9-15(18-14)12-4-2-3-7-16-12/h2-8,15H,9H2,1H3/t15-/m1/s1. The van der Waals surface area contributed by atoms with Crippen molar-refractivity contribution >= 4 is 5.78 Å². The number of ketones is 1. The van der Waals surface area contributed by atoms with Crippen molar-refractivity contribution < 1.29 is 9.53 Å². The van der Waals surface area contributed by atoms with E-state index in [0.29, 0.717) is 17.7 Å². The van der Waals surface area contributed by atoms with Crippen LogP contribution >= 0.6 is 0 Å². The lowest BCUT2D eigenvalue weighted by molar-refractivity contribution is 0.0844. The van der Waals surface area contributed by atoms with Crippen LogP contribution in [-0.2, 0) is 0 Å². The number of benzene rings is 1. The smallest absolute Gasteiger partial charge is 0.170 e. The highest BCUT2D eigenvalue weighted by atomic mass is 16.5. The zero-order valence-corrected chi connectivity index (χ0v) is 10.1. The Morgan fingerprint density at radius 1 is 1.28 bits per heavy atom. The molecule has 0 aliphatic carbocycles. The van der Waals surface area contributed by atoms with E-state index >= 15 is 0 Å². The number of rotatable bonds is 1. The summed E-state index contributed by atoms with van der Waals surface area (Å²) < 4.78 is 5.86. The number of hydrogen-bond acceptors (Lipinski definition) is 3. The SMILES string of the molecule is Cc1ccc2c(c1)C(=O)C[C@H](c1ccccn1)O2. The van der Waals surface area contributed by atoms with E-state index in [1.807, 2.05) is 43.3 Å². The zero-order valence-electron chi connectivity index (χ0n) is 10.1. The van der Waals surface area contributed by atoms with E-state index in [4.69, 9.17) is 4.74 Å². The zero-order chi connectivity index (χ0) is 12.5. The lowest BCUT2D eigenvalue weighted by atomic mass is 9.97. The second-order valence-corrected chi connectivity index (χ2v) is 4.49. The second-order valence-electron chi connectivity index (χ2n) is 4.49. The van der Waals surface area contributed by atoms with Crippen molar-refractivity contribution in [1.82, 2.24) is 4.98 Å². The van der Waals surface area contributed by atoms with Crippen LogP contribution in [0.2, 0.25) is 0 Å². The molecule has 0 bridgehead atoms. The van der Waals surface area contributed by atoms with Gasteiger partial charge < -0.3 is 4.74 Å². The van der Waals surface area contributed by atoms with E-state index in [1.165, 1.54) is 0 Å². The molecule has 1 aliphatic rings. The lowest BCUT2D eigenvalue weighted by Crippen LogP contribution is -2.21. The van der Waals surface area contributed by atoms with Crippen LogP contribution in [0.25, 0.3) is 0 Å². The molecular formula is C15H13NO2. The maximum atomic E-state index is 12.1. The van der Waals surface area contributed by atoms with Crippen molar-refractivity contribution in [2.45, 2.75) is 19.4 Å². The number of Topliss-reactive ketones (excluding diaryl/α,β-unsaturated/α-hetero) is 1. The van der Waals surface area contributed by atoms with Gasteiger partial charge in [-0.2, -0.15) is 0 Å². The van der Waals surface area contributed by atoms with Gasteiger partial charge in [0, 0.05) is 6.20 Å². The van der Waals surface area contributed by atoms with Crippen molar-refractivity contribution in [2.75, 3.05) is 0 Å². The van der Waals surface area contributed by atoms with Crippen molar-refractivity contribution in [1.29, 1.82) is 0 Å². The molecule has 0 N–H and O–H groups in total. The molecule has 0 saturated carbocycles. The Labute approximate surface area is 105 Å². The molecular weight excluding hydrogens is 226 g/mol. The van der Waals surface area contributed by atoms with E-state index in [2.05, 4.69) is 4.98 Å². The summed E-state index contributed by atoms with van der Waals surface area (Å²) in [5.74, 6) is 0.781. The Balaban J connectivity index is 1.97. The normalized spacial score (nSPS) is 18.1. The van der Waals surface area contributed by atoms with Crippen molar-refractivity contribution in [3.05, 3.63) is 59.4 Å². The van der Waals surface area contributed by atoms with Crippen molar-refractivity contribution in [3.8, 4) is 5.75 Å². The van der Waals surface area contributed by atoms with Crippen LogP contribution in [0.5, 0.6) is 5.75 Å². The number of aromatic nitrogens is 1. The first kappa shape index (κ1) is 11.0. The molecule has 3 rings (SSSR count). The summed E-state index contributed by atoms with van der Waals surface area (Å²) in [5.41, 5.74) is 2.56. The summed E-state index contributed by atoms with van der Waals surface area (Å²) in [7, 11) is 0. The predicted octanol–water partition coefficient (Wildman–Crippen LogP) is 3.10. The molecule has 0 unspecified atom stereocenters. The summed E-state index contributed by atoms with van der Waals surface area (Å²) in [5, 5.41) is 0. The molecule has 2 aromatic rings. The monoisotopic (exact) mass is 239 g/mol. The lowest BCUT2D eigenvalue weighted by Gasteiger charge is -2.24. The fourth-order valence-electron chi connectivity index (χ4n) is 2.17. The quantitative estimate of drug-likeness (QED) is 0.767. The van der Waals surface area contributed by atoms with Gasteiger partial charge in [-0.25, -0.2) is 0 Å². The Kier molecular flexibility index (Phi) is 2.59. The van der Waals surface area contributed by atoms with Crippen LogP contribution in [0.3, 0.4) is 0 Å². The molecule has 1 aliphatic heterocycles. The highest BCUT2D eigenvalue weighted by Crippen LogP contribution is 2.34. The highest BCUT2D eigenvalue weighted by Gasteiger charge is 2.28. The molecule has 3 heteroatoms. The Morgan fingerprint density at radius 2 is 2.17 bits per heavy atom. The van der Waals surface area contributed by atoms with Crippen LogP contribution in [0.1, 0.15) is 34.1 Å². The number of carbonyl (C=O) groups is 1. The summed E-state index contributed by atoms with van der Waals surface area (Å²) in [6, 6.07) is 11.3. The van der Waals surface area contributed by atoms with Crippen LogP contribution < -0.4 is 4.74 Å². The van der Waals surface area contributed by atoms with Crippen molar-refractivity contribution in [2.24, 2.45) is 0 Å². The first-order valence-corrected chi connectivity index (χ1v) is 5.95. The van der Waals surface area contributed by atoms with Crippen LogP contribution in [0.4, 0.5) is 0 Å². The third kappa shape index (κ3) is 1.88.